The SMILES string of the molecule is Cc1c(C(=O)OCc2cc(=O)oc3ccc4ccccc4c23)oc2ccc(Br)cc12. The van der Waals surface area contributed by atoms with Crippen LogP contribution in [0, 0.1) is 6.92 Å². The number of halogens is 1. The highest BCUT2D eigenvalue weighted by Gasteiger charge is 2.20. The molecule has 0 atom stereocenters. The molecule has 0 amide bonds. The molecule has 30 heavy (non-hydrogen) atoms. The second-order valence-electron chi connectivity index (χ2n) is 7.02. The molecule has 0 N–H and O–H groups in total. The maximum atomic E-state index is 12.7. The summed E-state index contributed by atoms with van der Waals surface area (Å²) < 4.78 is 17.5. The van der Waals surface area contributed by atoms with Gasteiger partial charge in [0.15, 0.2) is 0 Å². The van der Waals surface area contributed by atoms with Gasteiger partial charge < -0.3 is 13.6 Å². The number of fused-ring (bicyclic) bond motifs is 4. The van der Waals surface area contributed by atoms with E-state index in [1.165, 1.54) is 6.07 Å². The third-order valence-electron chi connectivity index (χ3n) is 5.16. The minimum absolute atomic E-state index is 0.0743. The Bertz CT molecular complexity index is 1510. The first-order valence-corrected chi connectivity index (χ1v) is 10.1. The highest BCUT2D eigenvalue weighted by Crippen LogP contribution is 2.30. The summed E-state index contributed by atoms with van der Waals surface area (Å²) in [6.07, 6.45) is 0. The predicted molar refractivity (Wildman–Crippen MR) is 118 cm³/mol. The van der Waals surface area contributed by atoms with Gasteiger partial charge in [0.1, 0.15) is 17.8 Å². The molecule has 0 aliphatic heterocycles. The lowest BCUT2D eigenvalue weighted by Gasteiger charge is -2.09. The first-order chi connectivity index (χ1) is 14.5. The maximum Gasteiger partial charge on any atom is 0.374 e. The Kier molecular flexibility index (Phi) is 4.44. The van der Waals surface area contributed by atoms with Gasteiger partial charge in [-0.05, 0) is 42.0 Å². The van der Waals surface area contributed by atoms with E-state index in [4.69, 9.17) is 13.6 Å². The van der Waals surface area contributed by atoms with Crippen LogP contribution in [0.25, 0.3) is 32.7 Å². The first kappa shape index (κ1) is 18.6. The average Bonchev–Trinajstić information content (AvgIpc) is 3.07. The Labute approximate surface area is 179 Å². The molecule has 0 saturated carbocycles. The predicted octanol–water partition coefficient (Wildman–Crippen LogP) is 6.12. The van der Waals surface area contributed by atoms with Crippen LogP contribution in [0.1, 0.15) is 21.7 Å². The van der Waals surface area contributed by atoms with Gasteiger partial charge >= 0.3 is 11.6 Å². The molecule has 3 aromatic carbocycles. The molecule has 148 valence electrons. The van der Waals surface area contributed by atoms with E-state index in [0.29, 0.717) is 22.3 Å². The lowest BCUT2D eigenvalue weighted by molar-refractivity contribution is 0.0438. The van der Waals surface area contributed by atoms with E-state index in [2.05, 4.69) is 15.9 Å². The van der Waals surface area contributed by atoms with Gasteiger partial charge in [-0.15, -0.1) is 0 Å². The number of carbonyl (C=O) groups excluding carboxylic acids is 1. The topological polar surface area (TPSA) is 69.7 Å². The minimum atomic E-state index is -0.582. The highest BCUT2D eigenvalue weighted by molar-refractivity contribution is 9.10. The Morgan fingerprint density at radius 1 is 0.967 bits per heavy atom. The molecule has 0 fully saturated rings. The zero-order valence-electron chi connectivity index (χ0n) is 15.9. The molecule has 0 aliphatic rings. The Hall–Kier alpha value is -3.38. The molecule has 5 nitrogen and oxygen atoms in total. The first-order valence-electron chi connectivity index (χ1n) is 9.31. The molecule has 5 aromatic rings. The number of furan rings is 1. The maximum absolute atomic E-state index is 12.7. The largest absolute Gasteiger partial charge is 0.455 e. The normalized spacial score (nSPS) is 11.4. The number of hydrogen-bond acceptors (Lipinski definition) is 5. The van der Waals surface area contributed by atoms with Gasteiger partial charge in [0, 0.05) is 32.4 Å². The smallest absolute Gasteiger partial charge is 0.374 e. The second-order valence-corrected chi connectivity index (χ2v) is 7.94. The summed E-state index contributed by atoms with van der Waals surface area (Å²) in [6.45, 7) is 1.74. The Morgan fingerprint density at radius 2 is 1.77 bits per heavy atom. The number of esters is 1. The van der Waals surface area contributed by atoms with Crippen LogP contribution in [-0.4, -0.2) is 5.97 Å². The van der Waals surface area contributed by atoms with Crippen molar-refractivity contribution < 1.29 is 18.4 Å². The standard InChI is InChI=1S/C24H15BrO5/c1-13-18-11-16(25)7-9-19(18)30-23(13)24(27)28-12-15-10-21(26)29-20-8-6-14-4-2-3-5-17(14)22(15)20/h2-11H,12H2,1H3. The number of rotatable bonds is 3. The van der Waals surface area contributed by atoms with Gasteiger partial charge in [-0.25, -0.2) is 9.59 Å². The van der Waals surface area contributed by atoms with Crippen molar-refractivity contribution in [3.05, 3.63) is 92.4 Å². The number of carbonyl (C=O) groups is 1. The quantitative estimate of drug-likeness (QED) is 0.183. The third kappa shape index (κ3) is 3.09. The molecule has 2 heterocycles. The lowest BCUT2D eigenvalue weighted by Crippen LogP contribution is -2.08. The van der Waals surface area contributed by atoms with Crippen LogP contribution < -0.4 is 5.63 Å². The van der Waals surface area contributed by atoms with Crippen LogP contribution >= 0.6 is 15.9 Å². The fourth-order valence-electron chi connectivity index (χ4n) is 3.73. The van der Waals surface area contributed by atoms with Crippen LogP contribution in [0.15, 0.2) is 78.8 Å². The van der Waals surface area contributed by atoms with Crippen molar-refractivity contribution in [2.24, 2.45) is 0 Å². The van der Waals surface area contributed by atoms with Crippen molar-refractivity contribution in [3.63, 3.8) is 0 Å². The van der Waals surface area contributed by atoms with Crippen molar-refractivity contribution in [3.8, 4) is 0 Å². The highest BCUT2D eigenvalue weighted by atomic mass is 79.9. The number of hydrogen-bond donors (Lipinski definition) is 0. The number of benzene rings is 3. The molecule has 0 spiro atoms. The van der Waals surface area contributed by atoms with E-state index in [1.807, 2.05) is 49.4 Å². The Morgan fingerprint density at radius 3 is 2.63 bits per heavy atom. The van der Waals surface area contributed by atoms with Crippen LogP contribution in [0.2, 0.25) is 0 Å². The van der Waals surface area contributed by atoms with E-state index in [0.717, 1.165) is 26.0 Å². The molecule has 0 aliphatic carbocycles. The molecule has 0 unspecified atom stereocenters. The summed E-state index contributed by atoms with van der Waals surface area (Å²) in [5.74, 6) is -0.429. The van der Waals surface area contributed by atoms with E-state index < -0.39 is 11.6 Å². The average molecular weight is 463 g/mol. The second kappa shape index (κ2) is 7.15. The van der Waals surface area contributed by atoms with Crippen molar-refractivity contribution >= 4 is 54.6 Å². The lowest BCUT2D eigenvalue weighted by atomic mass is 10.0. The number of aryl methyl sites for hydroxylation is 1. The van der Waals surface area contributed by atoms with Gasteiger partial charge in [-0.2, -0.15) is 0 Å². The molecule has 5 rings (SSSR count). The minimum Gasteiger partial charge on any atom is -0.455 e. The van der Waals surface area contributed by atoms with E-state index in [9.17, 15) is 9.59 Å². The summed E-state index contributed by atoms with van der Waals surface area (Å²) in [7, 11) is 0. The fourth-order valence-corrected chi connectivity index (χ4v) is 4.09. The summed E-state index contributed by atoms with van der Waals surface area (Å²) in [4.78, 5) is 24.8. The van der Waals surface area contributed by atoms with Crippen LogP contribution in [0.3, 0.4) is 0 Å². The third-order valence-corrected chi connectivity index (χ3v) is 5.65. The van der Waals surface area contributed by atoms with E-state index >= 15 is 0 Å². The van der Waals surface area contributed by atoms with Gasteiger partial charge in [0.25, 0.3) is 0 Å². The van der Waals surface area contributed by atoms with Gasteiger partial charge in [-0.3, -0.25) is 0 Å². The van der Waals surface area contributed by atoms with Crippen molar-refractivity contribution in [2.75, 3.05) is 0 Å². The fraction of sp³-hybridized carbons (Fsp3) is 0.0833. The van der Waals surface area contributed by atoms with Crippen molar-refractivity contribution in [2.45, 2.75) is 13.5 Å². The Balaban J connectivity index is 1.54. The van der Waals surface area contributed by atoms with Gasteiger partial charge in [-0.1, -0.05) is 46.3 Å². The molecule has 0 bridgehead atoms. The number of ether oxygens (including phenoxy) is 1. The van der Waals surface area contributed by atoms with E-state index in [-0.39, 0.29) is 12.4 Å². The van der Waals surface area contributed by atoms with Gasteiger partial charge in [0.05, 0.1) is 0 Å². The van der Waals surface area contributed by atoms with Gasteiger partial charge in [0.2, 0.25) is 5.76 Å². The molecule has 6 heteroatoms. The molecule has 0 radical (unpaired) electrons. The van der Waals surface area contributed by atoms with Crippen LogP contribution in [0.4, 0.5) is 0 Å². The molecule has 0 saturated heterocycles. The molecular formula is C24H15BrO5. The zero-order valence-corrected chi connectivity index (χ0v) is 17.5. The summed E-state index contributed by atoms with van der Waals surface area (Å²) in [6, 6.07) is 18.3. The summed E-state index contributed by atoms with van der Waals surface area (Å²) in [5.41, 5.74) is 1.87. The monoisotopic (exact) mass is 462 g/mol. The molecule has 2 aromatic heterocycles. The summed E-state index contributed by atoms with van der Waals surface area (Å²) >= 11 is 3.43. The summed E-state index contributed by atoms with van der Waals surface area (Å²) in [5, 5.41) is 3.53. The van der Waals surface area contributed by atoms with Crippen molar-refractivity contribution in [1.29, 1.82) is 0 Å². The molecular weight excluding hydrogens is 448 g/mol. The van der Waals surface area contributed by atoms with Crippen LogP contribution in [0.5, 0.6) is 0 Å². The van der Waals surface area contributed by atoms with E-state index in [1.54, 1.807) is 12.1 Å². The zero-order chi connectivity index (χ0) is 20.8. The van der Waals surface area contributed by atoms with Crippen LogP contribution in [-0.2, 0) is 11.3 Å². The van der Waals surface area contributed by atoms with Crippen molar-refractivity contribution in [1.82, 2.24) is 0 Å².